The van der Waals surface area contributed by atoms with E-state index in [0.717, 1.165) is 51.2 Å². The van der Waals surface area contributed by atoms with Gasteiger partial charge in [0.2, 0.25) is 0 Å². The molecule has 0 atom stereocenters. The average Bonchev–Trinajstić information content (AvgIpc) is 2.78. The summed E-state index contributed by atoms with van der Waals surface area (Å²) in [7, 11) is 0. The first-order valence-electron chi connectivity index (χ1n) is 7.67. The number of imidazole rings is 1. The van der Waals surface area contributed by atoms with E-state index in [1.54, 1.807) is 0 Å². The van der Waals surface area contributed by atoms with Crippen LogP contribution in [-0.2, 0) is 13.1 Å². The van der Waals surface area contributed by atoms with Crippen molar-refractivity contribution in [1.29, 1.82) is 0 Å². The van der Waals surface area contributed by atoms with Gasteiger partial charge in [-0.1, -0.05) is 13.0 Å². The highest BCUT2D eigenvalue weighted by Crippen LogP contribution is 2.19. The second kappa shape index (κ2) is 5.94. The van der Waals surface area contributed by atoms with Gasteiger partial charge in [0, 0.05) is 32.7 Å². The predicted molar refractivity (Wildman–Crippen MR) is 82.9 cm³/mol. The Balaban J connectivity index is 1.93. The SMILES string of the molecule is CCCn1c(CN2CCNCC2)nc2ccc(C)cc21. The number of benzene rings is 1. The molecule has 1 saturated heterocycles. The molecular weight excluding hydrogens is 248 g/mol. The largest absolute Gasteiger partial charge is 0.327 e. The van der Waals surface area contributed by atoms with Gasteiger partial charge in [0.1, 0.15) is 5.82 Å². The molecule has 3 rings (SSSR count). The lowest BCUT2D eigenvalue weighted by molar-refractivity contribution is 0.225. The average molecular weight is 272 g/mol. The summed E-state index contributed by atoms with van der Waals surface area (Å²) in [6.07, 6.45) is 1.15. The van der Waals surface area contributed by atoms with Crippen LogP contribution in [0.15, 0.2) is 18.2 Å². The summed E-state index contributed by atoms with van der Waals surface area (Å²) in [5, 5.41) is 3.41. The van der Waals surface area contributed by atoms with E-state index in [0.29, 0.717) is 0 Å². The zero-order valence-electron chi connectivity index (χ0n) is 12.5. The van der Waals surface area contributed by atoms with E-state index >= 15 is 0 Å². The lowest BCUT2D eigenvalue weighted by Crippen LogP contribution is -2.43. The Kier molecular flexibility index (Phi) is 4.03. The van der Waals surface area contributed by atoms with E-state index in [1.165, 1.54) is 16.9 Å². The van der Waals surface area contributed by atoms with Crippen LogP contribution in [-0.4, -0.2) is 40.6 Å². The van der Waals surface area contributed by atoms with Crippen LogP contribution in [0.2, 0.25) is 0 Å². The summed E-state index contributed by atoms with van der Waals surface area (Å²) in [6, 6.07) is 6.57. The van der Waals surface area contributed by atoms with Gasteiger partial charge in [-0.2, -0.15) is 0 Å². The molecule has 1 aromatic carbocycles. The van der Waals surface area contributed by atoms with Crippen LogP contribution in [0.3, 0.4) is 0 Å². The van der Waals surface area contributed by atoms with Crippen molar-refractivity contribution in [2.45, 2.75) is 33.4 Å². The standard InChI is InChI=1S/C16H24N4/c1-3-8-20-15-11-13(2)4-5-14(15)18-16(20)12-19-9-6-17-7-10-19/h4-5,11,17H,3,6-10,12H2,1-2H3. The van der Waals surface area contributed by atoms with Gasteiger partial charge >= 0.3 is 0 Å². The number of hydrogen-bond donors (Lipinski definition) is 1. The summed E-state index contributed by atoms with van der Waals surface area (Å²) in [6.45, 7) is 10.8. The van der Waals surface area contributed by atoms with Gasteiger partial charge in [-0.25, -0.2) is 4.98 Å². The fourth-order valence-corrected chi connectivity index (χ4v) is 2.95. The molecule has 1 aromatic heterocycles. The van der Waals surface area contributed by atoms with E-state index in [4.69, 9.17) is 4.98 Å². The third kappa shape index (κ3) is 2.72. The van der Waals surface area contributed by atoms with Crippen molar-refractivity contribution in [1.82, 2.24) is 19.8 Å². The molecule has 2 aromatic rings. The molecule has 2 heterocycles. The molecule has 0 unspecified atom stereocenters. The Morgan fingerprint density at radius 1 is 1.25 bits per heavy atom. The molecule has 0 bridgehead atoms. The maximum absolute atomic E-state index is 4.87. The van der Waals surface area contributed by atoms with E-state index in [2.05, 4.69) is 46.8 Å². The number of aryl methyl sites for hydroxylation is 2. The second-order valence-electron chi connectivity index (χ2n) is 5.70. The molecule has 1 aliphatic heterocycles. The Bertz CT molecular complexity index is 581. The van der Waals surface area contributed by atoms with Crippen molar-refractivity contribution < 1.29 is 0 Å². The molecule has 0 spiro atoms. The third-order valence-electron chi connectivity index (χ3n) is 4.00. The summed E-state index contributed by atoms with van der Waals surface area (Å²) in [5.41, 5.74) is 3.73. The number of rotatable bonds is 4. The molecule has 108 valence electrons. The highest BCUT2D eigenvalue weighted by atomic mass is 15.2. The number of hydrogen-bond acceptors (Lipinski definition) is 3. The first-order chi connectivity index (χ1) is 9.78. The van der Waals surface area contributed by atoms with Crippen molar-refractivity contribution in [2.24, 2.45) is 0 Å². The minimum absolute atomic E-state index is 0.968. The van der Waals surface area contributed by atoms with Gasteiger partial charge in [0.25, 0.3) is 0 Å². The molecule has 4 heteroatoms. The summed E-state index contributed by atoms with van der Waals surface area (Å²) >= 11 is 0. The Morgan fingerprint density at radius 2 is 2.05 bits per heavy atom. The Morgan fingerprint density at radius 3 is 2.80 bits per heavy atom. The first-order valence-corrected chi connectivity index (χ1v) is 7.67. The Hall–Kier alpha value is -1.39. The highest BCUT2D eigenvalue weighted by Gasteiger charge is 2.15. The maximum Gasteiger partial charge on any atom is 0.124 e. The zero-order chi connectivity index (χ0) is 13.9. The molecule has 4 nitrogen and oxygen atoms in total. The van der Waals surface area contributed by atoms with E-state index in [1.807, 2.05) is 0 Å². The monoisotopic (exact) mass is 272 g/mol. The molecule has 1 fully saturated rings. The maximum atomic E-state index is 4.87. The third-order valence-corrected chi connectivity index (χ3v) is 4.00. The minimum Gasteiger partial charge on any atom is -0.327 e. The normalized spacial score (nSPS) is 16.9. The van der Waals surface area contributed by atoms with Crippen LogP contribution >= 0.6 is 0 Å². The second-order valence-corrected chi connectivity index (χ2v) is 5.70. The topological polar surface area (TPSA) is 33.1 Å². The van der Waals surface area contributed by atoms with Crippen LogP contribution in [0.4, 0.5) is 0 Å². The van der Waals surface area contributed by atoms with Gasteiger partial charge in [0.05, 0.1) is 17.6 Å². The fourth-order valence-electron chi connectivity index (χ4n) is 2.95. The molecule has 1 N–H and O–H groups in total. The van der Waals surface area contributed by atoms with Gasteiger partial charge in [-0.3, -0.25) is 4.90 Å². The molecule has 0 amide bonds. The van der Waals surface area contributed by atoms with Crippen molar-refractivity contribution in [2.75, 3.05) is 26.2 Å². The van der Waals surface area contributed by atoms with Crippen LogP contribution in [0, 0.1) is 6.92 Å². The smallest absolute Gasteiger partial charge is 0.124 e. The molecule has 20 heavy (non-hydrogen) atoms. The predicted octanol–water partition coefficient (Wildman–Crippen LogP) is 2.16. The van der Waals surface area contributed by atoms with E-state index in [-0.39, 0.29) is 0 Å². The number of piperazine rings is 1. The van der Waals surface area contributed by atoms with Gasteiger partial charge in [-0.15, -0.1) is 0 Å². The van der Waals surface area contributed by atoms with Crippen molar-refractivity contribution in [3.8, 4) is 0 Å². The van der Waals surface area contributed by atoms with Crippen LogP contribution in [0.1, 0.15) is 24.7 Å². The molecule has 0 aliphatic carbocycles. The first kappa shape index (κ1) is 13.6. The van der Waals surface area contributed by atoms with Crippen molar-refractivity contribution in [3.63, 3.8) is 0 Å². The molecule has 1 aliphatic rings. The zero-order valence-corrected chi connectivity index (χ0v) is 12.5. The fraction of sp³-hybridized carbons (Fsp3) is 0.562. The van der Waals surface area contributed by atoms with E-state index in [9.17, 15) is 0 Å². The highest BCUT2D eigenvalue weighted by molar-refractivity contribution is 5.76. The van der Waals surface area contributed by atoms with Gasteiger partial charge in [0.15, 0.2) is 0 Å². The lowest BCUT2D eigenvalue weighted by atomic mass is 10.2. The molecular formula is C16H24N4. The van der Waals surface area contributed by atoms with Crippen molar-refractivity contribution >= 4 is 11.0 Å². The van der Waals surface area contributed by atoms with Crippen LogP contribution < -0.4 is 5.32 Å². The van der Waals surface area contributed by atoms with Crippen LogP contribution in [0.5, 0.6) is 0 Å². The summed E-state index contributed by atoms with van der Waals surface area (Å²) in [5.74, 6) is 1.22. The summed E-state index contributed by atoms with van der Waals surface area (Å²) < 4.78 is 2.41. The van der Waals surface area contributed by atoms with Gasteiger partial charge < -0.3 is 9.88 Å². The lowest BCUT2D eigenvalue weighted by Gasteiger charge is -2.27. The number of fused-ring (bicyclic) bond motifs is 1. The quantitative estimate of drug-likeness (QED) is 0.926. The molecule has 0 saturated carbocycles. The Labute approximate surface area is 120 Å². The van der Waals surface area contributed by atoms with Crippen LogP contribution in [0.25, 0.3) is 11.0 Å². The van der Waals surface area contributed by atoms with E-state index < -0.39 is 0 Å². The van der Waals surface area contributed by atoms with Crippen molar-refractivity contribution in [3.05, 3.63) is 29.6 Å². The molecule has 0 radical (unpaired) electrons. The number of nitrogens with zero attached hydrogens (tertiary/aromatic N) is 3. The number of nitrogens with one attached hydrogen (secondary N) is 1. The van der Waals surface area contributed by atoms with Gasteiger partial charge in [-0.05, 0) is 31.0 Å². The number of aromatic nitrogens is 2. The summed E-state index contributed by atoms with van der Waals surface area (Å²) in [4.78, 5) is 7.36. The minimum atomic E-state index is 0.968.